The van der Waals surface area contributed by atoms with Crippen LogP contribution in [0.5, 0.6) is 0 Å². The Morgan fingerprint density at radius 1 is 1.19 bits per heavy atom. The van der Waals surface area contributed by atoms with Crippen LogP contribution in [0.1, 0.15) is 78.6 Å². The number of nitrogens with one attached hydrogen (secondary N) is 1. The summed E-state index contributed by atoms with van der Waals surface area (Å²) in [4.78, 5) is 0. The Balaban J connectivity index is 1.98. The average molecular weight is 370 g/mol. The van der Waals surface area contributed by atoms with Crippen molar-refractivity contribution in [1.82, 2.24) is 5.32 Å². The third-order valence-corrected chi connectivity index (χ3v) is 5.90. The first-order valence-electron chi connectivity index (χ1n) is 10.6. The fraction of sp³-hybridized carbons (Fsp3) is 0.818. The van der Waals surface area contributed by atoms with E-state index in [0.29, 0.717) is 24.7 Å². The van der Waals surface area contributed by atoms with Gasteiger partial charge in [-0.25, -0.2) is 8.78 Å². The van der Waals surface area contributed by atoms with Crippen molar-refractivity contribution in [2.75, 3.05) is 13.1 Å². The molecule has 0 aromatic carbocycles. The van der Waals surface area contributed by atoms with Gasteiger partial charge in [-0.15, -0.1) is 0 Å². The number of hydrogen-bond donors (Lipinski definition) is 1. The Morgan fingerprint density at radius 3 is 2.50 bits per heavy atom. The number of unbranched alkanes of at least 4 members (excludes halogenated alkanes) is 2. The maximum atomic E-state index is 13.5. The molecular formula is C22H37F2NO. The molecule has 2 nitrogen and oxygen atoms in total. The molecule has 1 N–H and O–H groups in total. The fourth-order valence-corrected chi connectivity index (χ4v) is 4.02. The summed E-state index contributed by atoms with van der Waals surface area (Å²) in [7, 11) is 0. The van der Waals surface area contributed by atoms with Crippen molar-refractivity contribution in [3.63, 3.8) is 0 Å². The highest BCUT2D eigenvalue weighted by molar-refractivity contribution is 5.25. The third kappa shape index (κ3) is 7.02. The van der Waals surface area contributed by atoms with Crippen LogP contribution in [0.4, 0.5) is 8.78 Å². The number of alkyl halides is 2. The Morgan fingerprint density at radius 2 is 1.92 bits per heavy atom. The van der Waals surface area contributed by atoms with Gasteiger partial charge in [-0.05, 0) is 68.7 Å². The van der Waals surface area contributed by atoms with Crippen LogP contribution in [0.25, 0.3) is 0 Å². The monoisotopic (exact) mass is 369 g/mol. The largest absolute Gasteiger partial charge is 0.494 e. The summed E-state index contributed by atoms with van der Waals surface area (Å²) in [6.07, 6.45) is 13.0. The van der Waals surface area contributed by atoms with E-state index in [1.807, 2.05) is 0 Å². The summed E-state index contributed by atoms with van der Waals surface area (Å²) < 4.78 is 33.3. The molecule has 1 fully saturated rings. The van der Waals surface area contributed by atoms with Gasteiger partial charge in [0.15, 0.2) is 0 Å². The fourth-order valence-electron chi connectivity index (χ4n) is 4.02. The van der Waals surface area contributed by atoms with Crippen LogP contribution in [0, 0.1) is 11.8 Å². The van der Waals surface area contributed by atoms with Crippen LogP contribution < -0.4 is 5.32 Å². The zero-order chi connectivity index (χ0) is 19.0. The maximum Gasteiger partial charge on any atom is 0.266 e. The van der Waals surface area contributed by atoms with Gasteiger partial charge in [-0.3, -0.25) is 0 Å². The molecule has 0 radical (unpaired) electrons. The van der Waals surface area contributed by atoms with Gasteiger partial charge in [0.25, 0.3) is 5.92 Å². The van der Waals surface area contributed by atoms with Gasteiger partial charge >= 0.3 is 0 Å². The van der Waals surface area contributed by atoms with Crippen LogP contribution in [0.2, 0.25) is 0 Å². The molecule has 4 heteroatoms. The molecule has 150 valence electrons. The number of allylic oxidation sites excluding steroid dienone is 4. The van der Waals surface area contributed by atoms with Gasteiger partial charge in [-0.2, -0.15) is 0 Å². The lowest BCUT2D eigenvalue weighted by molar-refractivity contribution is 0.0324. The van der Waals surface area contributed by atoms with Crippen LogP contribution in [0.15, 0.2) is 23.5 Å². The molecule has 26 heavy (non-hydrogen) atoms. The summed E-state index contributed by atoms with van der Waals surface area (Å²) >= 11 is 0. The van der Waals surface area contributed by atoms with Crippen LogP contribution in [-0.2, 0) is 4.74 Å². The zero-order valence-corrected chi connectivity index (χ0v) is 16.8. The second-order valence-corrected chi connectivity index (χ2v) is 8.27. The quantitative estimate of drug-likeness (QED) is 0.460. The van der Waals surface area contributed by atoms with Gasteiger partial charge in [0.05, 0.1) is 5.76 Å². The standard InChI is InChI=1S/C22H37F2NO/c1-4-5-6-7-17(2)21(16-18-12-14-25-15-13-18)26-20-10-8-19(9-11-20)22(3,23)24/h8,10,17-18,21,25H,4-7,9,11-16H2,1-3H3. The molecule has 1 saturated heterocycles. The number of piperidine rings is 1. The lowest BCUT2D eigenvalue weighted by Gasteiger charge is -2.32. The van der Waals surface area contributed by atoms with Crippen LogP contribution in [0.3, 0.4) is 0 Å². The Hall–Kier alpha value is -0.900. The summed E-state index contributed by atoms with van der Waals surface area (Å²) in [5.74, 6) is -0.607. The number of halogens is 2. The minimum absolute atomic E-state index is 0.207. The SMILES string of the molecule is CCCCCC(C)C(CC1CCNCC1)OC1=CC=C(C(C)(F)F)CC1. The molecule has 2 rings (SSSR count). The molecular weight excluding hydrogens is 332 g/mol. The molecule has 0 bridgehead atoms. The van der Waals surface area contributed by atoms with Gasteiger partial charge < -0.3 is 10.1 Å². The molecule has 1 aliphatic heterocycles. The van der Waals surface area contributed by atoms with Crippen LogP contribution in [-0.4, -0.2) is 25.1 Å². The van der Waals surface area contributed by atoms with Crippen molar-refractivity contribution in [1.29, 1.82) is 0 Å². The van der Waals surface area contributed by atoms with Crippen molar-refractivity contribution >= 4 is 0 Å². The highest BCUT2D eigenvalue weighted by Crippen LogP contribution is 2.34. The first kappa shape index (κ1) is 21.4. The normalized spacial score (nSPS) is 21.7. The molecule has 0 saturated carbocycles. The number of rotatable bonds is 10. The first-order valence-corrected chi connectivity index (χ1v) is 10.6. The third-order valence-electron chi connectivity index (χ3n) is 5.90. The molecule has 0 amide bonds. The highest BCUT2D eigenvalue weighted by Gasteiger charge is 2.30. The van der Waals surface area contributed by atoms with Gasteiger partial charge in [0.2, 0.25) is 0 Å². The summed E-state index contributed by atoms with van der Waals surface area (Å²) in [5, 5.41) is 3.43. The maximum absolute atomic E-state index is 13.5. The molecule has 0 spiro atoms. The summed E-state index contributed by atoms with van der Waals surface area (Å²) in [6.45, 7) is 7.71. The average Bonchev–Trinajstić information content (AvgIpc) is 2.62. The first-order chi connectivity index (χ1) is 12.4. The molecule has 0 aromatic rings. The predicted molar refractivity (Wildman–Crippen MR) is 104 cm³/mol. The molecule has 2 atom stereocenters. The van der Waals surface area contributed by atoms with Crippen molar-refractivity contribution < 1.29 is 13.5 Å². The second-order valence-electron chi connectivity index (χ2n) is 8.27. The topological polar surface area (TPSA) is 21.3 Å². The lowest BCUT2D eigenvalue weighted by atomic mass is 9.86. The molecule has 1 aliphatic carbocycles. The minimum Gasteiger partial charge on any atom is -0.494 e. The zero-order valence-electron chi connectivity index (χ0n) is 16.8. The Labute approximate surface area is 158 Å². The van der Waals surface area contributed by atoms with E-state index < -0.39 is 5.92 Å². The Bertz CT molecular complexity index is 475. The van der Waals surface area contributed by atoms with E-state index in [4.69, 9.17) is 4.74 Å². The van der Waals surface area contributed by atoms with Gasteiger partial charge in [0.1, 0.15) is 6.10 Å². The molecule has 1 heterocycles. The van der Waals surface area contributed by atoms with Crippen molar-refractivity contribution in [2.45, 2.75) is 90.6 Å². The van der Waals surface area contributed by atoms with Crippen molar-refractivity contribution in [2.24, 2.45) is 11.8 Å². The predicted octanol–water partition coefficient (Wildman–Crippen LogP) is 6.24. The van der Waals surface area contributed by atoms with E-state index in [1.54, 1.807) is 12.2 Å². The van der Waals surface area contributed by atoms with Gasteiger partial charge in [0, 0.05) is 13.3 Å². The number of hydrogen-bond acceptors (Lipinski definition) is 2. The van der Waals surface area contributed by atoms with E-state index in [9.17, 15) is 8.78 Å². The summed E-state index contributed by atoms with van der Waals surface area (Å²) in [5.41, 5.74) is 0.218. The Kier molecular flexibility index (Phi) is 8.59. The molecule has 0 aromatic heterocycles. The molecule has 2 aliphatic rings. The second kappa shape index (κ2) is 10.4. The van der Waals surface area contributed by atoms with E-state index in [0.717, 1.165) is 32.2 Å². The van der Waals surface area contributed by atoms with E-state index in [2.05, 4.69) is 19.2 Å². The molecule has 2 unspecified atom stereocenters. The van der Waals surface area contributed by atoms with E-state index in [1.165, 1.54) is 38.5 Å². The van der Waals surface area contributed by atoms with Crippen molar-refractivity contribution in [3.8, 4) is 0 Å². The van der Waals surface area contributed by atoms with E-state index >= 15 is 0 Å². The van der Waals surface area contributed by atoms with Crippen LogP contribution >= 0.6 is 0 Å². The summed E-state index contributed by atoms with van der Waals surface area (Å²) in [6, 6.07) is 0. The number of ether oxygens (including phenoxy) is 1. The van der Waals surface area contributed by atoms with E-state index in [-0.39, 0.29) is 11.7 Å². The minimum atomic E-state index is -2.72. The smallest absolute Gasteiger partial charge is 0.266 e. The van der Waals surface area contributed by atoms with Gasteiger partial charge in [-0.1, -0.05) is 39.2 Å². The highest BCUT2D eigenvalue weighted by atomic mass is 19.3. The van der Waals surface area contributed by atoms with Crippen molar-refractivity contribution in [3.05, 3.63) is 23.5 Å². The lowest BCUT2D eigenvalue weighted by Crippen LogP contribution is -2.32.